The van der Waals surface area contributed by atoms with Crippen LogP contribution in [-0.4, -0.2) is 24.7 Å². The van der Waals surface area contributed by atoms with Gasteiger partial charge >= 0.3 is 0 Å². The molecule has 0 saturated heterocycles. The molecule has 1 aromatic heterocycles. The highest BCUT2D eigenvalue weighted by atomic mass is 35.5. The summed E-state index contributed by atoms with van der Waals surface area (Å²) in [4.78, 5) is 5.56. The smallest absolute Gasteiger partial charge is 0.141 e. The van der Waals surface area contributed by atoms with Gasteiger partial charge in [0.15, 0.2) is 0 Å². The van der Waals surface area contributed by atoms with E-state index in [0.29, 0.717) is 6.61 Å². The molecule has 0 spiro atoms. The van der Waals surface area contributed by atoms with Gasteiger partial charge in [-0.25, -0.2) is 4.98 Å². The molecule has 0 radical (unpaired) electrons. The molecule has 3 rings (SSSR count). The third-order valence-electron chi connectivity index (χ3n) is 3.85. The maximum Gasteiger partial charge on any atom is 0.141 e. The van der Waals surface area contributed by atoms with Gasteiger partial charge in [-0.2, -0.15) is 0 Å². The van der Waals surface area contributed by atoms with Crippen LogP contribution < -0.4 is 10.1 Å². The number of rotatable bonds is 4. The number of hydrogen-bond donors (Lipinski definition) is 1. The lowest BCUT2D eigenvalue weighted by atomic mass is 10.0. The first-order chi connectivity index (χ1) is 10.3. The maximum absolute atomic E-state index is 6.35. The number of thiazole rings is 1. The quantitative estimate of drug-likeness (QED) is 0.936. The fraction of sp³-hybridized carbons (Fsp3) is 0.438. The number of nitrogens with zero attached hydrogens (tertiary/aromatic N) is 1. The van der Waals surface area contributed by atoms with Gasteiger partial charge in [0.1, 0.15) is 5.75 Å². The number of halogens is 1. The molecule has 112 valence electrons. The summed E-state index contributed by atoms with van der Waals surface area (Å²) >= 11 is 8.04. The van der Waals surface area contributed by atoms with E-state index in [-0.39, 0.29) is 0 Å². The summed E-state index contributed by atoms with van der Waals surface area (Å²) in [5.41, 5.74) is 5.62. The third kappa shape index (κ3) is 3.39. The van der Waals surface area contributed by atoms with E-state index < -0.39 is 0 Å². The molecule has 0 amide bonds. The Kier molecular flexibility index (Phi) is 4.78. The fourth-order valence-corrected chi connectivity index (χ4v) is 3.67. The van der Waals surface area contributed by atoms with Crippen LogP contribution in [-0.2, 0) is 19.3 Å². The molecule has 21 heavy (non-hydrogen) atoms. The van der Waals surface area contributed by atoms with E-state index in [2.05, 4.69) is 16.4 Å². The van der Waals surface area contributed by atoms with Crippen molar-refractivity contribution in [3.63, 3.8) is 0 Å². The van der Waals surface area contributed by atoms with Crippen molar-refractivity contribution in [2.45, 2.75) is 26.2 Å². The topological polar surface area (TPSA) is 34.1 Å². The lowest BCUT2D eigenvalue weighted by Crippen LogP contribution is -2.16. The van der Waals surface area contributed by atoms with Crippen LogP contribution in [0.3, 0.4) is 0 Å². The second kappa shape index (κ2) is 6.77. The Morgan fingerprint density at radius 1 is 1.33 bits per heavy atom. The zero-order valence-electron chi connectivity index (χ0n) is 12.1. The number of aromatic nitrogens is 1. The van der Waals surface area contributed by atoms with Crippen LogP contribution in [0.1, 0.15) is 21.7 Å². The molecule has 0 saturated carbocycles. The molecule has 0 unspecified atom stereocenters. The number of nitrogens with one attached hydrogen (secondary N) is 1. The van der Waals surface area contributed by atoms with Gasteiger partial charge in [0.2, 0.25) is 0 Å². The van der Waals surface area contributed by atoms with E-state index in [4.69, 9.17) is 16.3 Å². The van der Waals surface area contributed by atoms with Gasteiger partial charge in [-0.15, -0.1) is 11.3 Å². The van der Waals surface area contributed by atoms with Gasteiger partial charge in [-0.1, -0.05) is 17.7 Å². The number of benzene rings is 1. The predicted octanol–water partition coefficient (Wildman–Crippen LogP) is 3.41. The van der Waals surface area contributed by atoms with Gasteiger partial charge in [0.05, 0.1) is 22.8 Å². The number of aryl methyl sites for hydroxylation is 1. The Labute approximate surface area is 134 Å². The second-order valence-electron chi connectivity index (χ2n) is 5.22. The minimum absolute atomic E-state index is 0.645. The highest BCUT2D eigenvalue weighted by Crippen LogP contribution is 2.33. The first-order valence-electron chi connectivity index (χ1n) is 7.28. The van der Waals surface area contributed by atoms with Crippen molar-refractivity contribution in [2.24, 2.45) is 0 Å². The van der Waals surface area contributed by atoms with Crippen molar-refractivity contribution in [3.8, 4) is 5.75 Å². The van der Waals surface area contributed by atoms with E-state index in [1.807, 2.05) is 18.5 Å². The van der Waals surface area contributed by atoms with Crippen LogP contribution in [0.2, 0.25) is 5.02 Å². The Morgan fingerprint density at radius 3 is 3.00 bits per heavy atom. The molecule has 0 atom stereocenters. The average Bonchev–Trinajstić information content (AvgIpc) is 2.74. The normalized spacial score (nSPS) is 14.6. The maximum atomic E-state index is 6.35. The van der Waals surface area contributed by atoms with E-state index in [0.717, 1.165) is 48.8 Å². The van der Waals surface area contributed by atoms with Gasteiger partial charge in [-0.05, 0) is 44.5 Å². The van der Waals surface area contributed by atoms with Crippen LogP contribution in [0.25, 0.3) is 0 Å². The van der Waals surface area contributed by atoms with Crippen LogP contribution in [0.15, 0.2) is 17.6 Å². The molecule has 2 heterocycles. The molecule has 1 aliphatic rings. The summed E-state index contributed by atoms with van der Waals surface area (Å²) in [6.07, 6.45) is 2.90. The van der Waals surface area contributed by atoms with E-state index >= 15 is 0 Å². The van der Waals surface area contributed by atoms with Crippen LogP contribution in [0.5, 0.6) is 5.75 Å². The van der Waals surface area contributed by atoms with Crippen molar-refractivity contribution >= 4 is 22.9 Å². The minimum Gasteiger partial charge on any atom is -0.491 e. The molecule has 1 aliphatic heterocycles. The van der Waals surface area contributed by atoms with Crippen LogP contribution in [0, 0.1) is 6.92 Å². The van der Waals surface area contributed by atoms with E-state index in [1.165, 1.54) is 16.0 Å². The van der Waals surface area contributed by atoms with E-state index in [1.54, 1.807) is 11.3 Å². The van der Waals surface area contributed by atoms with Crippen molar-refractivity contribution in [3.05, 3.63) is 44.4 Å². The van der Waals surface area contributed by atoms with Crippen LogP contribution in [0.4, 0.5) is 0 Å². The predicted molar refractivity (Wildman–Crippen MR) is 87.8 cm³/mol. The summed E-state index contributed by atoms with van der Waals surface area (Å²) in [5, 5.41) is 4.14. The van der Waals surface area contributed by atoms with Crippen LogP contribution >= 0.6 is 22.9 Å². The minimum atomic E-state index is 0.645. The zero-order chi connectivity index (χ0) is 14.7. The first-order valence-corrected chi connectivity index (χ1v) is 8.54. The number of fused-ring (bicyclic) bond motifs is 1. The third-order valence-corrected chi connectivity index (χ3v) is 5.15. The highest BCUT2D eigenvalue weighted by molar-refractivity contribution is 7.09. The summed E-state index contributed by atoms with van der Waals surface area (Å²) in [5.74, 6) is 0.875. The average molecular weight is 323 g/mol. The molecule has 1 N–H and O–H groups in total. The molecule has 1 aromatic carbocycles. The largest absolute Gasteiger partial charge is 0.491 e. The van der Waals surface area contributed by atoms with Gasteiger partial charge in [-0.3, -0.25) is 0 Å². The summed E-state index contributed by atoms with van der Waals surface area (Å²) < 4.78 is 6.04. The Balaban J connectivity index is 1.74. The first kappa shape index (κ1) is 14.8. The Morgan fingerprint density at radius 2 is 2.19 bits per heavy atom. The number of ether oxygens (including phenoxy) is 1. The standard InChI is InChI=1S/C16H19ClN2OS/c1-11-15(21-10-19-11)6-9-20-16-13-5-8-18-7-4-12(13)2-3-14(16)17/h2-3,10,18H,4-9H2,1H3. The van der Waals surface area contributed by atoms with Gasteiger partial charge in [0, 0.05) is 16.9 Å². The van der Waals surface area contributed by atoms with Crippen molar-refractivity contribution in [2.75, 3.05) is 19.7 Å². The summed E-state index contributed by atoms with van der Waals surface area (Å²) in [6.45, 7) is 4.69. The SMILES string of the molecule is Cc1ncsc1CCOc1c(Cl)ccc2c1CCNCC2. The molecular formula is C16H19ClN2OS. The zero-order valence-corrected chi connectivity index (χ0v) is 13.7. The second-order valence-corrected chi connectivity index (χ2v) is 6.57. The number of hydrogen-bond acceptors (Lipinski definition) is 4. The lowest BCUT2D eigenvalue weighted by Gasteiger charge is -2.15. The summed E-state index contributed by atoms with van der Waals surface area (Å²) in [7, 11) is 0. The van der Waals surface area contributed by atoms with Gasteiger partial charge < -0.3 is 10.1 Å². The highest BCUT2D eigenvalue weighted by Gasteiger charge is 2.16. The molecule has 3 nitrogen and oxygen atoms in total. The Bertz CT molecular complexity index is 627. The van der Waals surface area contributed by atoms with Gasteiger partial charge in [0.25, 0.3) is 0 Å². The monoisotopic (exact) mass is 322 g/mol. The molecule has 0 aliphatic carbocycles. The van der Waals surface area contributed by atoms with Crippen molar-refractivity contribution in [1.29, 1.82) is 0 Å². The Hall–Kier alpha value is -1.10. The molecule has 5 heteroatoms. The molecule has 2 aromatic rings. The van der Waals surface area contributed by atoms with Crippen molar-refractivity contribution in [1.82, 2.24) is 10.3 Å². The fourth-order valence-electron chi connectivity index (χ4n) is 2.68. The van der Waals surface area contributed by atoms with E-state index in [9.17, 15) is 0 Å². The molecule has 0 bridgehead atoms. The lowest BCUT2D eigenvalue weighted by molar-refractivity contribution is 0.319. The molecule has 0 fully saturated rings. The molecular weight excluding hydrogens is 304 g/mol. The summed E-state index contributed by atoms with van der Waals surface area (Å²) in [6, 6.07) is 4.09. The van der Waals surface area contributed by atoms with Crippen molar-refractivity contribution < 1.29 is 4.74 Å².